The van der Waals surface area contributed by atoms with Crippen molar-refractivity contribution in [3.8, 4) is 11.4 Å². The second kappa shape index (κ2) is 10.0. The summed E-state index contributed by atoms with van der Waals surface area (Å²) in [6, 6.07) is 26.2. The summed E-state index contributed by atoms with van der Waals surface area (Å²) in [6.45, 7) is 1.03. The molecule has 0 radical (unpaired) electrons. The van der Waals surface area contributed by atoms with Crippen LogP contribution in [0.2, 0.25) is 0 Å². The van der Waals surface area contributed by atoms with Crippen molar-refractivity contribution < 1.29 is 9.18 Å². The van der Waals surface area contributed by atoms with Gasteiger partial charge < -0.3 is 4.90 Å². The average molecular weight is 433 g/mol. The fourth-order valence-corrected chi connectivity index (χ4v) is 3.84. The summed E-state index contributed by atoms with van der Waals surface area (Å²) in [5, 5.41) is 7.28. The molecule has 4 aromatic rings. The maximum atomic E-state index is 14.0. The number of nitrogens with zero attached hydrogens (tertiary/aromatic N) is 3. The zero-order chi connectivity index (χ0) is 21.5. The molecule has 5 nitrogen and oxygen atoms in total. The van der Waals surface area contributed by atoms with E-state index in [9.17, 15) is 9.18 Å². The lowest BCUT2D eigenvalue weighted by Gasteiger charge is -2.23. The van der Waals surface area contributed by atoms with Crippen molar-refractivity contribution in [3.05, 3.63) is 102 Å². The minimum Gasteiger partial charge on any atom is -0.333 e. The Morgan fingerprint density at radius 3 is 2.06 bits per heavy atom. The largest absolute Gasteiger partial charge is 0.333 e. The third-order valence-electron chi connectivity index (χ3n) is 4.70. The molecule has 1 heterocycles. The first-order chi connectivity index (χ1) is 15.2. The molecule has 0 spiro atoms. The molecule has 156 valence electrons. The molecular weight excluding hydrogens is 411 g/mol. The Hall–Kier alpha value is -3.45. The maximum absolute atomic E-state index is 14.0. The summed E-state index contributed by atoms with van der Waals surface area (Å²) in [7, 11) is 0. The smallest absolute Gasteiger partial charge is 0.233 e. The number of aromatic nitrogens is 3. The van der Waals surface area contributed by atoms with Gasteiger partial charge in [0.1, 0.15) is 5.82 Å². The van der Waals surface area contributed by atoms with Gasteiger partial charge in [0.25, 0.3) is 0 Å². The number of carbonyl (C=O) groups is 1. The molecule has 0 bridgehead atoms. The fraction of sp³-hybridized carbons (Fsp3) is 0.125. The number of benzene rings is 3. The quantitative estimate of drug-likeness (QED) is 0.401. The van der Waals surface area contributed by atoms with Crippen LogP contribution < -0.4 is 0 Å². The highest BCUT2D eigenvalue weighted by Gasteiger charge is 2.17. The number of hydrogen-bond acceptors (Lipinski definition) is 4. The Morgan fingerprint density at radius 2 is 1.45 bits per heavy atom. The number of halogens is 1. The topological polar surface area (TPSA) is 61.9 Å². The van der Waals surface area contributed by atoms with E-state index >= 15 is 0 Å². The van der Waals surface area contributed by atoms with E-state index in [0.29, 0.717) is 29.6 Å². The number of thioether (sulfide) groups is 1. The van der Waals surface area contributed by atoms with Gasteiger partial charge in [-0.3, -0.25) is 9.89 Å². The minimum absolute atomic E-state index is 0.0186. The highest BCUT2D eigenvalue weighted by molar-refractivity contribution is 7.99. The third kappa shape index (κ3) is 5.58. The SMILES string of the molecule is O=C(CSc1n[nH]c(-c2ccccc2F)n1)N(Cc1ccccc1)Cc1ccccc1. The summed E-state index contributed by atoms with van der Waals surface area (Å²) < 4.78 is 14.0. The second-order valence-electron chi connectivity index (χ2n) is 6.96. The Balaban J connectivity index is 1.44. The molecule has 0 unspecified atom stereocenters. The summed E-state index contributed by atoms with van der Waals surface area (Å²) >= 11 is 1.23. The van der Waals surface area contributed by atoms with E-state index in [2.05, 4.69) is 15.2 Å². The van der Waals surface area contributed by atoms with Gasteiger partial charge in [-0.15, -0.1) is 5.10 Å². The van der Waals surface area contributed by atoms with Crippen LogP contribution in [0, 0.1) is 5.82 Å². The number of nitrogens with one attached hydrogen (secondary N) is 1. The number of amides is 1. The Morgan fingerprint density at radius 1 is 0.871 bits per heavy atom. The van der Waals surface area contributed by atoms with Crippen LogP contribution in [0.5, 0.6) is 0 Å². The van der Waals surface area contributed by atoms with Crippen molar-refractivity contribution in [1.29, 1.82) is 0 Å². The van der Waals surface area contributed by atoms with Gasteiger partial charge in [0, 0.05) is 13.1 Å². The van der Waals surface area contributed by atoms with Crippen molar-refractivity contribution in [1.82, 2.24) is 20.1 Å². The van der Waals surface area contributed by atoms with Crippen LogP contribution in [-0.4, -0.2) is 31.7 Å². The molecule has 4 rings (SSSR count). The van der Waals surface area contributed by atoms with E-state index in [4.69, 9.17) is 0 Å². The van der Waals surface area contributed by atoms with Gasteiger partial charge in [-0.05, 0) is 23.3 Å². The molecule has 1 amide bonds. The summed E-state index contributed by atoms with van der Waals surface area (Å²) in [5.41, 5.74) is 2.48. The maximum Gasteiger partial charge on any atom is 0.233 e. The molecule has 0 fully saturated rings. The van der Waals surface area contributed by atoms with Crippen LogP contribution in [0.3, 0.4) is 0 Å². The Labute approximate surface area is 184 Å². The second-order valence-corrected chi connectivity index (χ2v) is 7.90. The first kappa shape index (κ1) is 20.8. The van der Waals surface area contributed by atoms with Gasteiger partial charge in [0.05, 0.1) is 11.3 Å². The van der Waals surface area contributed by atoms with E-state index in [1.807, 2.05) is 65.6 Å². The van der Waals surface area contributed by atoms with Crippen LogP contribution in [-0.2, 0) is 17.9 Å². The van der Waals surface area contributed by atoms with Crippen molar-refractivity contribution >= 4 is 17.7 Å². The Bertz CT molecular complexity index is 1090. The van der Waals surface area contributed by atoms with Crippen molar-refractivity contribution in [2.75, 3.05) is 5.75 Å². The van der Waals surface area contributed by atoms with Gasteiger partial charge in [-0.2, -0.15) is 0 Å². The zero-order valence-electron chi connectivity index (χ0n) is 16.7. The predicted molar refractivity (Wildman–Crippen MR) is 120 cm³/mol. The number of hydrogen-bond donors (Lipinski definition) is 1. The lowest BCUT2D eigenvalue weighted by Crippen LogP contribution is -2.31. The highest BCUT2D eigenvalue weighted by atomic mass is 32.2. The Kier molecular flexibility index (Phi) is 6.74. The summed E-state index contributed by atoms with van der Waals surface area (Å²) in [4.78, 5) is 19.2. The van der Waals surface area contributed by atoms with Crippen LogP contribution in [0.25, 0.3) is 11.4 Å². The van der Waals surface area contributed by atoms with Crippen LogP contribution in [0.4, 0.5) is 4.39 Å². The molecule has 1 N–H and O–H groups in total. The molecule has 0 aliphatic rings. The van der Waals surface area contributed by atoms with Crippen LogP contribution in [0.1, 0.15) is 11.1 Å². The van der Waals surface area contributed by atoms with Crippen molar-refractivity contribution in [2.24, 2.45) is 0 Å². The van der Waals surface area contributed by atoms with Gasteiger partial charge in [-0.25, -0.2) is 9.37 Å². The van der Waals surface area contributed by atoms with E-state index in [0.717, 1.165) is 11.1 Å². The molecular formula is C24H21FN4OS. The molecule has 0 saturated carbocycles. The molecule has 7 heteroatoms. The molecule has 0 aliphatic carbocycles. The van der Waals surface area contributed by atoms with Crippen molar-refractivity contribution in [3.63, 3.8) is 0 Å². The van der Waals surface area contributed by atoms with E-state index in [1.165, 1.54) is 17.8 Å². The molecule has 0 atom stereocenters. The van der Waals surface area contributed by atoms with Gasteiger partial charge in [0.15, 0.2) is 5.82 Å². The lowest BCUT2D eigenvalue weighted by atomic mass is 10.1. The van der Waals surface area contributed by atoms with E-state index < -0.39 is 0 Å². The molecule has 3 aromatic carbocycles. The standard InChI is InChI=1S/C24H21FN4OS/c25-21-14-8-7-13-20(21)23-26-24(28-27-23)31-17-22(30)29(15-18-9-3-1-4-10-18)16-19-11-5-2-6-12-19/h1-14H,15-17H2,(H,26,27,28). The molecule has 0 aliphatic heterocycles. The number of aromatic amines is 1. The predicted octanol–water partition coefficient (Wildman–Crippen LogP) is 4.93. The number of carbonyl (C=O) groups excluding carboxylic acids is 1. The zero-order valence-corrected chi connectivity index (χ0v) is 17.6. The van der Waals surface area contributed by atoms with Crippen molar-refractivity contribution in [2.45, 2.75) is 18.2 Å². The number of H-pyrrole nitrogens is 1. The van der Waals surface area contributed by atoms with Crippen LogP contribution in [0.15, 0.2) is 90.1 Å². The summed E-state index contributed by atoms with van der Waals surface area (Å²) in [6.07, 6.45) is 0. The molecule has 0 saturated heterocycles. The molecule has 1 aromatic heterocycles. The van der Waals surface area contributed by atoms with Crippen LogP contribution >= 0.6 is 11.8 Å². The first-order valence-electron chi connectivity index (χ1n) is 9.85. The molecule has 31 heavy (non-hydrogen) atoms. The lowest BCUT2D eigenvalue weighted by molar-refractivity contribution is -0.129. The van der Waals surface area contributed by atoms with E-state index in [1.54, 1.807) is 18.2 Å². The highest BCUT2D eigenvalue weighted by Crippen LogP contribution is 2.22. The monoisotopic (exact) mass is 432 g/mol. The fourth-order valence-electron chi connectivity index (χ4n) is 3.14. The van der Waals surface area contributed by atoms with E-state index in [-0.39, 0.29) is 17.5 Å². The van der Waals surface area contributed by atoms with Gasteiger partial charge >= 0.3 is 0 Å². The van der Waals surface area contributed by atoms with Gasteiger partial charge in [0.2, 0.25) is 11.1 Å². The summed E-state index contributed by atoms with van der Waals surface area (Å²) in [5.74, 6) is 0.144. The normalized spacial score (nSPS) is 10.7. The number of rotatable bonds is 8. The third-order valence-corrected chi connectivity index (χ3v) is 5.54. The van der Waals surface area contributed by atoms with Gasteiger partial charge in [-0.1, -0.05) is 84.6 Å². The minimum atomic E-state index is -0.372. The first-order valence-corrected chi connectivity index (χ1v) is 10.8. The average Bonchev–Trinajstić information content (AvgIpc) is 3.27.